The smallest absolute Gasteiger partial charge is 0.240 e. The van der Waals surface area contributed by atoms with Crippen LogP contribution in [0.1, 0.15) is 34.1 Å². The van der Waals surface area contributed by atoms with Crippen LogP contribution in [0.25, 0.3) is 0 Å². The normalized spacial score (nSPS) is 32.1. The lowest BCUT2D eigenvalue weighted by molar-refractivity contribution is -0.133. The van der Waals surface area contributed by atoms with Crippen LogP contribution in [0.4, 0.5) is 0 Å². The van der Waals surface area contributed by atoms with Crippen molar-refractivity contribution in [2.45, 2.75) is 52.2 Å². The molecule has 0 aromatic heterocycles. The number of hydrogen-bond acceptors (Lipinski definition) is 2. The molecule has 0 aromatic carbocycles. The van der Waals surface area contributed by atoms with E-state index >= 15 is 0 Å². The van der Waals surface area contributed by atoms with E-state index in [2.05, 4.69) is 32.6 Å². The number of carbonyl (C=O) groups excluding carboxylic acids is 1. The molecule has 2 aliphatic rings. The van der Waals surface area contributed by atoms with Gasteiger partial charge in [0.05, 0.1) is 6.04 Å². The highest BCUT2D eigenvalue weighted by Gasteiger charge is 2.48. The second-order valence-electron chi connectivity index (χ2n) is 5.41. The second kappa shape index (κ2) is 3.78. The van der Waals surface area contributed by atoms with Gasteiger partial charge in [-0.15, -0.1) is 0 Å². The maximum atomic E-state index is 12.2. The van der Waals surface area contributed by atoms with Crippen molar-refractivity contribution in [3.8, 4) is 0 Å². The summed E-state index contributed by atoms with van der Waals surface area (Å²) in [6, 6.07) is 1.04. The summed E-state index contributed by atoms with van der Waals surface area (Å²) in [4.78, 5) is 16.6. The van der Waals surface area contributed by atoms with Crippen LogP contribution in [-0.2, 0) is 4.79 Å². The molecule has 86 valence electrons. The molecule has 15 heavy (non-hydrogen) atoms. The summed E-state index contributed by atoms with van der Waals surface area (Å²) in [5.74, 6) is 0.948. The highest BCUT2D eigenvalue weighted by Crippen LogP contribution is 2.34. The molecule has 1 amide bonds. The first-order valence-electron chi connectivity index (χ1n) is 6.08. The molecule has 2 aliphatic heterocycles. The van der Waals surface area contributed by atoms with Crippen molar-refractivity contribution in [1.29, 1.82) is 0 Å². The third-order valence-corrected chi connectivity index (χ3v) is 3.82. The van der Waals surface area contributed by atoms with Crippen molar-refractivity contribution in [3.05, 3.63) is 0 Å². The summed E-state index contributed by atoms with van der Waals surface area (Å²) in [5.41, 5.74) is 0. The Kier molecular flexibility index (Phi) is 2.75. The number of likely N-dealkylation sites (tertiary alicyclic amines) is 2. The lowest BCUT2D eigenvalue weighted by Gasteiger charge is -2.28. The molecule has 0 spiro atoms. The van der Waals surface area contributed by atoms with Gasteiger partial charge in [0.2, 0.25) is 5.91 Å². The van der Waals surface area contributed by atoms with Gasteiger partial charge in [0.25, 0.3) is 0 Å². The van der Waals surface area contributed by atoms with E-state index < -0.39 is 0 Å². The zero-order valence-electron chi connectivity index (χ0n) is 10.2. The number of nitrogens with zero attached hydrogens (tertiary/aromatic N) is 2. The van der Waals surface area contributed by atoms with E-state index in [1.54, 1.807) is 0 Å². The van der Waals surface area contributed by atoms with Crippen molar-refractivity contribution in [1.82, 2.24) is 9.80 Å². The monoisotopic (exact) mass is 210 g/mol. The van der Waals surface area contributed by atoms with Crippen LogP contribution in [0.2, 0.25) is 0 Å². The van der Waals surface area contributed by atoms with Gasteiger partial charge < -0.3 is 4.90 Å². The van der Waals surface area contributed by atoms with Gasteiger partial charge in [-0.1, -0.05) is 0 Å². The van der Waals surface area contributed by atoms with Crippen molar-refractivity contribution in [3.63, 3.8) is 0 Å². The van der Waals surface area contributed by atoms with Gasteiger partial charge in [-0.05, 0) is 40.7 Å². The average Bonchev–Trinajstić information content (AvgIpc) is 2.66. The first-order valence-corrected chi connectivity index (χ1v) is 6.08. The van der Waals surface area contributed by atoms with E-state index in [9.17, 15) is 4.79 Å². The second-order valence-corrected chi connectivity index (χ2v) is 5.41. The third kappa shape index (κ3) is 1.67. The Labute approximate surface area is 92.4 Å². The summed E-state index contributed by atoms with van der Waals surface area (Å²) < 4.78 is 0. The lowest BCUT2D eigenvalue weighted by Crippen LogP contribution is -2.44. The Morgan fingerprint density at radius 3 is 2.40 bits per heavy atom. The number of fused-ring (bicyclic) bond motifs is 1. The van der Waals surface area contributed by atoms with Gasteiger partial charge >= 0.3 is 0 Å². The predicted molar refractivity (Wildman–Crippen MR) is 60.6 cm³/mol. The fourth-order valence-electron chi connectivity index (χ4n) is 2.97. The van der Waals surface area contributed by atoms with Crippen molar-refractivity contribution in [2.75, 3.05) is 13.1 Å². The molecule has 2 saturated heterocycles. The number of carbonyl (C=O) groups is 1. The van der Waals surface area contributed by atoms with Crippen LogP contribution >= 0.6 is 0 Å². The Balaban J connectivity index is 2.14. The third-order valence-electron chi connectivity index (χ3n) is 3.82. The zero-order chi connectivity index (χ0) is 11.2. The summed E-state index contributed by atoms with van der Waals surface area (Å²) >= 11 is 0. The minimum absolute atomic E-state index is 0.187. The largest absolute Gasteiger partial charge is 0.339 e. The summed E-state index contributed by atoms with van der Waals surface area (Å²) in [6.45, 7) is 10.7. The fraction of sp³-hybridized carbons (Fsp3) is 0.917. The van der Waals surface area contributed by atoms with E-state index in [0.29, 0.717) is 23.9 Å². The number of hydrogen-bond donors (Lipinski definition) is 0. The van der Waals surface area contributed by atoms with Crippen LogP contribution in [-0.4, -0.2) is 46.9 Å². The lowest BCUT2D eigenvalue weighted by atomic mass is 10.0. The molecule has 0 radical (unpaired) electrons. The highest BCUT2D eigenvalue weighted by molar-refractivity contribution is 5.85. The van der Waals surface area contributed by atoms with Crippen molar-refractivity contribution >= 4 is 5.91 Å². The van der Waals surface area contributed by atoms with Crippen molar-refractivity contribution in [2.24, 2.45) is 5.92 Å². The summed E-state index contributed by atoms with van der Waals surface area (Å²) in [6.07, 6.45) is 1.19. The Morgan fingerprint density at radius 2 is 1.87 bits per heavy atom. The Hall–Kier alpha value is -0.570. The van der Waals surface area contributed by atoms with Crippen LogP contribution in [0.3, 0.4) is 0 Å². The minimum Gasteiger partial charge on any atom is -0.339 e. The predicted octanol–water partition coefficient (Wildman–Crippen LogP) is 1.34. The topological polar surface area (TPSA) is 23.6 Å². The van der Waals surface area contributed by atoms with E-state index in [-0.39, 0.29) is 6.04 Å². The van der Waals surface area contributed by atoms with Crippen molar-refractivity contribution < 1.29 is 4.79 Å². The molecule has 0 N–H and O–H groups in total. The molecule has 0 aromatic rings. The molecule has 2 heterocycles. The maximum absolute atomic E-state index is 12.2. The Morgan fingerprint density at radius 1 is 1.20 bits per heavy atom. The molecule has 2 rings (SSSR count). The molecule has 0 saturated carbocycles. The number of rotatable bonds is 2. The van der Waals surface area contributed by atoms with Gasteiger partial charge in [0.15, 0.2) is 0 Å². The molecular weight excluding hydrogens is 188 g/mol. The van der Waals surface area contributed by atoms with Crippen LogP contribution < -0.4 is 0 Å². The molecular formula is C12H22N2O. The molecule has 0 aliphatic carbocycles. The van der Waals surface area contributed by atoms with E-state index in [1.807, 2.05) is 4.90 Å². The molecule has 2 fully saturated rings. The van der Waals surface area contributed by atoms with E-state index in [0.717, 1.165) is 13.1 Å². The summed E-state index contributed by atoms with van der Waals surface area (Å²) in [5, 5.41) is 0. The molecule has 2 atom stereocenters. The first-order chi connectivity index (χ1) is 7.02. The maximum Gasteiger partial charge on any atom is 0.240 e. The molecule has 0 bridgehead atoms. The van der Waals surface area contributed by atoms with Gasteiger partial charge in [-0.3, -0.25) is 9.69 Å². The fourth-order valence-corrected chi connectivity index (χ4v) is 2.97. The Bertz CT molecular complexity index is 262. The zero-order valence-corrected chi connectivity index (χ0v) is 10.2. The minimum atomic E-state index is 0.187. The van der Waals surface area contributed by atoms with Gasteiger partial charge in [-0.25, -0.2) is 0 Å². The number of amides is 1. The molecule has 2 unspecified atom stereocenters. The van der Waals surface area contributed by atoms with Gasteiger partial charge in [0, 0.05) is 24.5 Å². The van der Waals surface area contributed by atoms with Gasteiger partial charge in [-0.2, -0.15) is 0 Å². The molecule has 3 heteroatoms. The van der Waals surface area contributed by atoms with Crippen LogP contribution in [0.15, 0.2) is 0 Å². The van der Waals surface area contributed by atoms with E-state index in [1.165, 1.54) is 6.42 Å². The van der Waals surface area contributed by atoms with Crippen LogP contribution in [0, 0.1) is 5.92 Å². The quantitative estimate of drug-likeness (QED) is 0.686. The standard InChI is InChI=1S/C12H22N2O/c1-8(2)13-6-5-10-7-14(9(3)4)12(15)11(10)13/h8-11H,5-7H2,1-4H3. The summed E-state index contributed by atoms with van der Waals surface area (Å²) in [7, 11) is 0. The SMILES string of the molecule is CC(C)N1CC2CCN(C(C)C)C2C1=O. The average molecular weight is 210 g/mol. The van der Waals surface area contributed by atoms with Gasteiger partial charge in [0.1, 0.15) is 0 Å². The van der Waals surface area contributed by atoms with Crippen LogP contribution in [0.5, 0.6) is 0 Å². The van der Waals surface area contributed by atoms with E-state index in [4.69, 9.17) is 0 Å². The molecule has 3 nitrogen and oxygen atoms in total. The first kappa shape index (κ1) is 10.9. The highest BCUT2D eigenvalue weighted by atomic mass is 16.2.